The summed E-state index contributed by atoms with van der Waals surface area (Å²) in [5.41, 5.74) is 0.684. The molecule has 2 heterocycles. The van der Waals surface area contributed by atoms with Crippen molar-refractivity contribution in [2.24, 2.45) is 5.92 Å². The number of H-pyrrole nitrogens is 2. The first-order valence-corrected chi connectivity index (χ1v) is 10.2. The van der Waals surface area contributed by atoms with Gasteiger partial charge in [0.05, 0.1) is 20.8 Å². The van der Waals surface area contributed by atoms with Gasteiger partial charge in [-0.25, -0.2) is 4.79 Å². The number of methoxy groups -OCH3 is 3. The third-order valence-corrected chi connectivity index (χ3v) is 5.75. The van der Waals surface area contributed by atoms with Crippen LogP contribution in [-0.4, -0.2) is 57.2 Å². The highest BCUT2D eigenvalue weighted by Gasteiger charge is 2.41. The minimum Gasteiger partial charge on any atom is -0.493 e. The first kappa shape index (κ1) is 20.3. The number of aromatic nitrogens is 2. The highest BCUT2D eigenvalue weighted by atomic mass is 16.5. The first-order chi connectivity index (χ1) is 14.5. The molecule has 0 saturated heterocycles. The van der Waals surface area contributed by atoms with Crippen LogP contribution < -0.4 is 30.5 Å². The van der Waals surface area contributed by atoms with Crippen LogP contribution in [0.1, 0.15) is 18.4 Å². The minimum atomic E-state index is -0.488. The van der Waals surface area contributed by atoms with E-state index in [1.807, 2.05) is 23.1 Å². The zero-order valence-corrected chi connectivity index (χ0v) is 17.6. The normalized spacial score (nSPS) is 17.9. The zero-order valence-electron chi connectivity index (χ0n) is 17.6. The van der Waals surface area contributed by atoms with Gasteiger partial charge in [-0.05, 0) is 36.5 Å². The molecule has 1 unspecified atom stereocenters. The summed E-state index contributed by atoms with van der Waals surface area (Å²) in [7, 11) is 4.86. The lowest BCUT2D eigenvalue weighted by Gasteiger charge is -2.33. The molecule has 9 heteroatoms. The van der Waals surface area contributed by atoms with E-state index in [0.29, 0.717) is 48.5 Å². The Morgan fingerprint density at radius 1 is 1.03 bits per heavy atom. The van der Waals surface area contributed by atoms with Crippen LogP contribution in [0.2, 0.25) is 0 Å². The summed E-state index contributed by atoms with van der Waals surface area (Å²) in [4.78, 5) is 34.2. The molecule has 4 rings (SSSR count). The SMILES string of the molecule is COCCN1c2c([nH]c(=O)[nH]c2=O)N(CC2CC2)C1Cc1ccc(OC)c(OC)c1. The third-order valence-electron chi connectivity index (χ3n) is 5.75. The van der Waals surface area contributed by atoms with Crippen molar-refractivity contribution in [2.75, 3.05) is 50.8 Å². The molecular formula is C21H28N4O5. The quantitative estimate of drug-likeness (QED) is 0.636. The Bertz CT molecular complexity index is 1010. The minimum absolute atomic E-state index is 0.118. The third kappa shape index (κ3) is 3.89. The standard InChI is InChI=1S/C21H28N4O5/c1-28-9-8-24-17(11-14-6-7-15(29-2)16(10-14)30-3)25(12-13-4-5-13)19-18(24)20(26)23-21(27)22-19/h6-7,10,13,17H,4-5,8-9,11-12H2,1-3H3,(H2,22,23,26,27). The van der Waals surface area contributed by atoms with E-state index >= 15 is 0 Å². The van der Waals surface area contributed by atoms with Crippen molar-refractivity contribution in [1.29, 1.82) is 0 Å². The molecule has 1 saturated carbocycles. The van der Waals surface area contributed by atoms with Gasteiger partial charge < -0.3 is 24.0 Å². The lowest BCUT2D eigenvalue weighted by atomic mass is 10.1. The molecule has 1 atom stereocenters. The summed E-state index contributed by atoms with van der Waals surface area (Å²) in [6.07, 6.45) is 2.86. The fourth-order valence-electron chi connectivity index (χ4n) is 4.09. The van der Waals surface area contributed by atoms with Gasteiger partial charge in [0.2, 0.25) is 0 Å². The van der Waals surface area contributed by atoms with Crippen molar-refractivity contribution in [1.82, 2.24) is 9.97 Å². The monoisotopic (exact) mass is 416 g/mol. The molecule has 1 aromatic heterocycles. The number of aromatic amines is 2. The van der Waals surface area contributed by atoms with Crippen LogP contribution in [0.3, 0.4) is 0 Å². The van der Waals surface area contributed by atoms with Crippen LogP contribution in [0, 0.1) is 5.92 Å². The maximum atomic E-state index is 12.7. The van der Waals surface area contributed by atoms with E-state index < -0.39 is 5.69 Å². The van der Waals surface area contributed by atoms with Crippen LogP contribution in [0.5, 0.6) is 11.5 Å². The van der Waals surface area contributed by atoms with E-state index in [0.717, 1.165) is 12.1 Å². The summed E-state index contributed by atoms with van der Waals surface area (Å²) in [5.74, 6) is 2.50. The second kappa shape index (κ2) is 8.43. The lowest BCUT2D eigenvalue weighted by molar-refractivity contribution is 0.203. The Hall–Kier alpha value is -2.94. The van der Waals surface area contributed by atoms with Crippen LogP contribution in [0.15, 0.2) is 27.8 Å². The first-order valence-electron chi connectivity index (χ1n) is 10.2. The predicted molar refractivity (Wildman–Crippen MR) is 114 cm³/mol. The number of rotatable bonds is 9. The number of hydrogen-bond acceptors (Lipinski definition) is 7. The molecule has 0 bridgehead atoms. The summed E-state index contributed by atoms with van der Waals surface area (Å²) >= 11 is 0. The average Bonchev–Trinajstić information content (AvgIpc) is 3.51. The number of fused-ring (bicyclic) bond motifs is 1. The maximum Gasteiger partial charge on any atom is 0.327 e. The van der Waals surface area contributed by atoms with E-state index in [4.69, 9.17) is 14.2 Å². The van der Waals surface area contributed by atoms with Crippen LogP contribution in [-0.2, 0) is 11.2 Å². The number of ether oxygens (including phenoxy) is 3. The van der Waals surface area contributed by atoms with Gasteiger partial charge >= 0.3 is 5.69 Å². The number of nitrogens with one attached hydrogen (secondary N) is 2. The molecule has 2 N–H and O–H groups in total. The molecule has 162 valence electrons. The van der Waals surface area contributed by atoms with Crippen molar-refractivity contribution in [3.63, 3.8) is 0 Å². The summed E-state index contributed by atoms with van der Waals surface area (Å²) < 4.78 is 16.1. The highest BCUT2D eigenvalue weighted by molar-refractivity contribution is 5.73. The molecule has 0 amide bonds. The zero-order chi connectivity index (χ0) is 21.3. The van der Waals surface area contributed by atoms with Gasteiger partial charge in [-0.3, -0.25) is 14.8 Å². The highest BCUT2D eigenvalue weighted by Crippen LogP contribution is 2.40. The summed E-state index contributed by atoms with van der Waals surface area (Å²) in [6, 6.07) is 5.84. The molecule has 1 fully saturated rings. The van der Waals surface area contributed by atoms with E-state index in [1.165, 1.54) is 12.8 Å². The fourth-order valence-corrected chi connectivity index (χ4v) is 4.09. The topological polar surface area (TPSA) is 99.9 Å². The number of nitrogens with zero attached hydrogens (tertiary/aromatic N) is 2. The van der Waals surface area contributed by atoms with E-state index in [2.05, 4.69) is 14.9 Å². The smallest absolute Gasteiger partial charge is 0.327 e. The van der Waals surface area contributed by atoms with Gasteiger partial charge in [-0.2, -0.15) is 0 Å². The van der Waals surface area contributed by atoms with Gasteiger partial charge in [0.25, 0.3) is 5.56 Å². The van der Waals surface area contributed by atoms with Crippen molar-refractivity contribution in [2.45, 2.75) is 25.4 Å². The molecule has 1 aromatic carbocycles. The number of benzene rings is 1. The van der Waals surface area contributed by atoms with E-state index in [-0.39, 0.29) is 11.7 Å². The molecule has 0 radical (unpaired) electrons. The Morgan fingerprint density at radius 2 is 1.80 bits per heavy atom. The summed E-state index contributed by atoms with van der Waals surface area (Å²) in [6.45, 7) is 1.81. The number of hydrogen-bond donors (Lipinski definition) is 2. The molecule has 30 heavy (non-hydrogen) atoms. The molecule has 2 aromatic rings. The van der Waals surface area contributed by atoms with Crippen molar-refractivity contribution in [3.8, 4) is 11.5 Å². The summed E-state index contributed by atoms with van der Waals surface area (Å²) in [5, 5.41) is 0. The Balaban J connectivity index is 1.73. The Labute approximate surface area is 174 Å². The molecular weight excluding hydrogens is 388 g/mol. The van der Waals surface area contributed by atoms with Crippen molar-refractivity contribution >= 4 is 11.5 Å². The molecule has 1 aliphatic heterocycles. The average molecular weight is 416 g/mol. The Kier molecular flexibility index (Phi) is 5.72. The second-order valence-electron chi connectivity index (χ2n) is 7.76. The Morgan fingerprint density at radius 3 is 2.47 bits per heavy atom. The maximum absolute atomic E-state index is 12.7. The van der Waals surface area contributed by atoms with Crippen LogP contribution in [0.4, 0.5) is 11.5 Å². The van der Waals surface area contributed by atoms with Gasteiger partial charge in [-0.1, -0.05) is 6.07 Å². The van der Waals surface area contributed by atoms with Crippen molar-refractivity contribution in [3.05, 3.63) is 44.6 Å². The van der Waals surface area contributed by atoms with Gasteiger partial charge in [-0.15, -0.1) is 0 Å². The molecule has 1 aliphatic carbocycles. The van der Waals surface area contributed by atoms with Gasteiger partial charge in [0.1, 0.15) is 17.7 Å². The second-order valence-corrected chi connectivity index (χ2v) is 7.76. The van der Waals surface area contributed by atoms with E-state index in [1.54, 1.807) is 21.3 Å². The number of anilines is 2. The van der Waals surface area contributed by atoms with Gasteiger partial charge in [0.15, 0.2) is 11.5 Å². The lowest BCUT2D eigenvalue weighted by Crippen LogP contribution is -2.47. The molecule has 9 nitrogen and oxygen atoms in total. The van der Waals surface area contributed by atoms with Crippen LogP contribution >= 0.6 is 0 Å². The van der Waals surface area contributed by atoms with Gasteiger partial charge in [0, 0.05) is 26.6 Å². The van der Waals surface area contributed by atoms with Crippen LogP contribution in [0.25, 0.3) is 0 Å². The fraction of sp³-hybridized carbons (Fsp3) is 0.524. The van der Waals surface area contributed by atoms with E-state index in [9.17, 15) is 9.59 Å². The molecule has 0 spiro atoms. The predicted octanol–water partition coefficient (Wildman–Crippen LogP) is 1.33. The molecule has 2 aliphatic rings. The van der Waals surface area contributed by atoms with Crippen molar-refractivity contribution < 1.29 is 14.2 Å². The largest absolute Gasteiger partial charge is 0.493 e.